The van der Waals surface area contributed by atoms with Gasteiger partial charge in [-0.05, 0) is 18.2 Å². The number of hydrogen-bond acceptors (Lipinski definition) is 4. The number of carbonyl (C=O) groups is 2. The van der Waals surface area contributed by atoms with Crippen molar-refractivity contribution >= 4 is 23.6 Å². The molecule has 0 aromatic carbocycles. The molecular formula is C11H17NO3S. The number of amides is 1. The largest absolute Gasteiger partial charge is 0.467 e. The van der Waals surface area contributed by atoms with E-state index in [1.807, 2.05) is 19.3 Å². The van der Waals surface area contributed by atoms with Crippen LogP contribution in [-0.2, 0) is 14.3 Å². The van der Waals surface area contributed by atoms with Crippen LogP contribution < -0.4 is 0 Å². The molecule has 0 saturated heterocycles. The van der Waals surface area contributed by atoms with E-state index < -0.39 is 12.0 Å². The van der Waals surface area contributed by atoms with Gasteiger partial charge in [-0.3, -0.25) is 4.79 Å². The molecule has 1 rings (SSSR count). The zero-order valence-corrected chi connectivity index (χ0v) is 10.8. The average molecular weight is 243 g/mol. The van der Waals surface area contributed by atoms with E-state index >= 15 is 0 Å². The molecule has 0 radical (unpaired) electrons. The Morgan fingerprint density at radius 3 is 2.62 bits per heavy atom. The highest BCUT2D eigenvalue weighted by Gasteiger charge is 2.34. The van der Waals surface area contributed by atoms with Crippen molar-refractivity contribution < 1.29 is 14.3 Å². The Balaban J connectivity index is 2.82. The van der Waals surface area contributed by atoms with Crippen molar-refractivity contribution in [2.75, 3.05) is 7.11 Å². The maximum Gasteiger partial charge on any atom is 0.328 e. The summed E-state index contributed by atoms with van der Waals surface area (Å²) in [4.78, 5) is 24.9. The molecular weight excluding hydrogens is 226 g/mol. The van der Waals surface area contributed by atoms with E-state index in [1.54, 1.807) is 13.1 Å². The quantitative estimate of drug-likeness (QED) is 0.707. The van der Waals surface area contributed by atoms with Gasteiger partial charge in [0.2, 0.25) is 5.91 Å². The van der Waals surface area contributed by atoms with Gasteiger partial charge in [0.15, 0.2) is 0 Å². The van der Waals surface area contributed by atoms with Gasteiger partial charge in [0.25, 0.3) is 0 Å². The van der Waals surface area contributed by atoms with E-state index in [9.17, 15) is 9.59 Å². The second-order valence-corrected chi connectivity index (χ2v) is 5.08. The van der Waals surface area contributed by atoms with E-state index in [2.05, 4.69) is 4.74 Å². The van der Waals surface area contributed by atoms with Crippen molar-refractivity contribution in [1.82, 2.24) is 4.90 Å². The zero-order chi connectivity index (χ0) is 12.3. The van der Waals surface area contributed by atoms with Crippen molar-refractivity contribution in [1.29, 1.82) is 0 Å². The summed E-state index contributed by atoms with van der Waals surface area (Å²) in [5.74, 6) is -0.178. The topological polar surface area (TPSA) is 46.6 Å². The third-order valence-electron chi connectivity index (χ3n) is 2.51. The van der Waals surface area contributed by atoms with Crippen LogP contribution in [-0.4, -0.2) is 35.2 Å². The second kappa shape index (κ2) is 5.39. The monoisotopic (exact) mass is 243 g/mol. The number of esters is 1. The van der Waals surface area contributed by atoms with Gasteiger partial charge in [0.05, 0.1) is 12.4 Å². The van der Waals surface area contributed by atoms with Gasteiger partial charge >= 0.3 is 5.97 Å². The van der Waals surface area contributed by atoms with Crippen LogP contribution in [0.3, 0.4) is 0 Å². The minimum atomic E-state index is -0.559. The van der Waals surface area contributed by atoms with Crippen molar-refractivity contribution in [3.8, 4) is 0 Å². The van der Waals surface area contributed by atoms with Crippen molar-refractivity contribution in [2.24, 2.45) is 5.92 Å². The van der Waals surface area contributed by atoms with Crippen LogP contribution in [0.1, 0.15) is 20.8 Å². The lowest BCUT2D eigenvalue weighted by molar-refractivity contribution is -0.150. The minimum Gasteiger partial charge on any atom is -0.467 e. The molecule has 90 valence electrons. The number of carbonyl (C=O) groups excluding carboxylic acids is 2. The van der Waals surface area contributed by atoms with Gasteiger partial charge < -0.3 is 9.64 Å². The van der Waals surface area contributed by atoms with Gasteiger partial charge in [-0.25, -0.2) is 4.79 Å². The molecule has 0 spiro atoms. The number of ether oxygens (including phenoxy) is 1. The summed E-state index contributed by atoms with van der Waals surface area (Å²) in [6.07, 6.45) is 1.65. The van der Waals surface area contributed by atoms with E-state index in [0.29, 0.717) is 0 Å². The first-order chi connectivity index (χ1) is 7.49. The predicted octanol–water partition coefficient (Wildman–Crippen LogP) is 1.62. The highest BCUT2D eigenvalue weighted by atomic mass is 32.2. The maximum atomic E-state index is 12.1. The van der Waals surface area contributed by atoms with E-state index in [0.717, 1.165) is 0 Å². The Kier molecular flexibility index (Phi) is 4.41. The molecule has 1 aliphatic rings. The van der Waals surface area contributed by atoms with Gasteiger partial charge in [0, 0.05) is 6.20 Å². The standard InChI is InChI=1S/C11H17NO3S/c1-7(2)9-10(13)12(5-6-16-9)8(3)11(14)15-4/h5-9H,1-4H3. The number of rotatable bonds is 3. The lowest BCUT2D eigenvalue weighted by atomic mass is 10.1. The molecule has 2 unspecified atom stereocenters. The summed E-state index contributed by atoms with van der Waals surface area (Å²) in [5.41, 5.74) is 0. The molecule has 0 aliphatic carbocycles. The van der Waals surface area contributed by atoms with Gasteiger partial charge in [-0.15, -0.1) is 11.8 Å². The molecule has 0 aromatic heterocycles. The molecule has 1 heterocycles. The lowest BCUT2D eigenvalue weighted by Gasteiger charge is -2.32. The fourth-order valence-electron chi connectivity index (χ4n) is 1.51. The number of methoxy groups -OCH3 is 1. The van der Waals surface area contributed by atoms with E-state index in [-0.39, 0.29) is 17.1 Å². The Labute approximate surface area is 100 Å². The van der Waals surface area contributed by atoms with Crippen LogP contribution in [0.4, 0.5) is 0 Å². The Morgan fingerprint density at radius 1 is 1.50 bits per heavy atom. The van der Waals surface area contributed by atoms with Crippen molar-refractivity contribution in [2.45, 2.75) is 32.1 Å². The molecule has 1 amide bonds. The van der Waals surface area contributed by atoms with Crippen molar-refractivity contribution in [3.63, 3.8) is 0 Å². The molecule has 0 aromatic rings. The highest BCUT2D eigenvalue weighted by Crippen LogP contribution is 2.28. The van der Waals surface area contributed by atoms with Gasteiger partial charge in [-0.2, -0.15) is 0 Å². The normalized spacial score (nSPS) is 22.4. The summed E-state index contributed by atoms with van der Waals surface area (Å²) in [6, 6.07) is -0.559. The first-order valence-corrected chi connectivity index (χ1v) is 6.15. The van der Waals surface area contributed by atoms with Crippen LogP contribution in [0.25, 0.3) is 0 Å². The fourth-order valence-corrected chi connectivity index (χ4v) is 2.43. The Bertz CT molecular complexity index is 314. The number of hydrogen-bond donors (Lipinski definition) is 0. The lowest BCUT2D eigenvalue weighted by Crippen LogP contribution is -2.46. The molecule has 0 bridgehead atoms. The SMILES string of the molecule is COC(=O)C(C)N1C=CSC(C(C)C)C1=O. The third kappa shape index (κ3) is 2.58. The maximum absolute atomic E-state index is 12.1. The molecule has 0 saturated carbocycles. The third-order valence-corrected chi connectivity index (χ3v) is 3.83. The van der Waals surface area contributed by atoms with Crippen LogP contribution >= 0.6 is 11.8 Å². The van der Waals surface area contributed by atoms with Gasteiger partial charge in [-0.1, -0.05) is 13.8 Å². The summed E-state index contributed by atoms with van der Waals surface area (Å²) in [5, 5.41) is 1.74. The predicted molar refractivity (Wildman–Crippen MR) is 63.7 cm³/mol. The molecule has 0 fully saturated rings. The first-order valence-electron chi connectivity index (χ1n) is 5.21. The molecule has 5 heteroatoms. The van der Waals surface area contributed by atoms with E-state index in [1.165, 1.54) is 23.8 Å². The molecule has 4 nitrogen and oxygen atoms in total. The van der Waals surface area contributed by atoms with Crippen LogP contribution in [0.5, 0.6) is 0 Å². The van der Waals surface area contributed by atoms with Crippen LogP contribution in [0.2, 0.25) is 0 Å². The summed E-state index contributed by atoms with van der Waals surface area (Å²) in [6.45, 7) is 5.66. The minimum absolute atomic E-state index is 0.0274. The Hall–Kier alpha value is -0.970. The molecule has 0 N–H and O–H groups in total. The molecule has 2 atom stereocenters. The average Bonchev–Trinajstić information content (AvgIpc) is 2.27. The smallest absolute Gasteiger partial charge is 0.328 e. The summed E-state index contributed by atoms with van der Waals surface area (Å²) >= 11 is 1.50. The fraction of sp³-hybridized carbons (Fsp3) is 0.636. The molecule has 1 aliphatic heterocycles. The second-order valence-electron chi connectivity index (χ2n) is 4.03. The zero-order valence-electron chi connectivity index (χ0n) is 9.97. The summed E-state index contributed by atoms with van der Waals surface area (Å²) < 4.78 is 4.64. The Morgan fingerprint density at radius 2 is 2.12 bits per heavy atom. The van der Waals surface area contributed by atoms with Crippen LogP contribution in [0, 0.1) is 5.92 Å². The highest BCUT2D eigenvalue weighted by molar-refractivity contribution is 8.03. The first kappa shape index (κ1) is 13.1. The molecule has 16 heavy (non-hydrogen) atoms. The van der Waals surface area contributed by atoms with Crippen molar-refractivity contribution in [3.05, 3.63) is 11.6 Å². The number of nitrogens with zero attached hydrogens (tertiary/aromatic N) is 1. The van der Waals surface area contributed by atoms with E-state index in [4.69, 9.17) is 0 Å². The van der Waals surface area contributed by atoms with Crippen LogP contribution in [0.15, 0.2) is 11.6 Å². The number of thioether (sulfide) groups is 1. The summed E-state index contributed by atoms with van der Waals surface area (Å²) in [7, 11) is 1.33. The van der Waals surface area contributed by atoms with Gasteiger partial charge in [0.1, 0.15) is 6.04 Å².